The van der Waals surface area contributed by atoms with Crippen molar-refractivity contribution in [2.45, 2.75) is 13.3 Å². The predicted molar refractivity (Wildman–Crippen MR) is 180 cm³/mol. The summed E-state index contributed by atoms with van der Waals surface area (Å²) in [7, 11) is 4.04. The van der Waals surface area contributed by atoms with Crippen molar-refractivity contribution in [2.24, 2.45) is 0 Å². The summed E-state index contributed by atoms with van der Waals surface area (Å²) in [4.78, 5) is 13.2. The van der Waals surface area contributed by atoms with Crippen molar-refractivity contribution in [2.75, 3.05) is 199 Å². The van der Waals surface area contributed by atoms with Crippen molar-refractivity contribution in [3.05, 3.63) is 0 Å². The first-order chi connectivity index (χ1) is 24.2. The first kappa shape index (κ1) is 47.9. The summed E-state index contributed by atoms with van der Waals surface area (Å²) in [5.74, 6) is -0.252. The molecule has 0 bridgehead atoms. The first-order valence-corrected chi connectivity index (χ1v) is 17.5. The second-order valence-electron chi connectivity index (χ2n) is 10.3. The van der Waals surface area contributed by atoms with Crippen LogP contribution in [0.25, 0.3) is 0 Å². The molecular weight excluding hydrogens is 650 g/mol. The summed E-state index contributed by atoms with van der Waals surface area (Å²) in [6.45, 7) is 16.3. The van der Waals surface area contributed by atoms with E-state index in [2.05, 4.69) is 4.90 Å². The third-order valence-electron chi connectivity index (χ3n) is 5.90. The molecule has 0 aliphatic carbocycles. The van der Waals surface area contributed by atoms with Crippen LogP contribution in [-0.2, 0) is 71.1 Å². The molecule has 0 aromatic heterocycles. The van der Waals surface area contributed by atoms with Gasteiger partial charge in [-0.1, -0.05) is 0 Å². The highest BCUT2D eigenvalue weighted by Crippen LogP contribution is 1.90. The number of hydrogen-bond acceptors (Lipinski definition) is 16. The van der Waals surface area contributed by atoms with Crippen LogP contribution in [0.1, 0.15) is 13.3 Å². The SMILES string of the molecule is CCOC(=O)CCOCCOCCOCCOCCOCCOCCOCCOCCOCCOCCOCCOCCOCCN(C)C. The van der Waals surface area contributed by atoms with Crippen LogP contribution in [0.4, 0.5) is 0 Å². The monoisotopic (exact) mass is 717 g/mol. The van der Waals surface area contributed by atoms with Crippen LogP contribution >= 0.6 is 0 Å². The lowest BCUT2D eigenvalue weighted by Gasteiger charge is -2.10. The maximum atomic E-state index is 11.2. The van der Waals surface area contributed by atoms with E-state index in [-0.39, 0.29) is 12.4 Å². The van der Waals surface area contributed by atoms with Crippen LogP contribution in [0.3, 0.4) is 0 Å². The molecule has 0 aliphatic heterocycles. The molecule has 0 rings (SSSR count). The van der Waals surface area contributed by atoms with Gasteiger partial charge < -0.3 is 71.2 Å². The molecule has 0 spiro atoms. The fraction of sp³-hybridized carbons (Fsp3) is 0.970. The van der Waals surface area contributed by atoms with E-state index in [1.807, 2.05) is 14.1 Å². The minimum Gasteiger partial charge on any atom is -0.466 e. The lowest BCUT2D eigenvalue weighted by atomic mass is 10.5. The number of esters is 1. The third-order valence-corrected chi connectivity index (χ3v) is 5.90. The number of carbonyl (C=O) groups is 1. The Bertz CT molecular complexity index is 637. The standard InChI is InChI=1S/C33H67NO15/c1-4-49-33(35)5-7-36-9-11-38-13-15-40-17-19-42-21-23-44-25-27-46-29-31-48-32-30-47-28-26-45-24-22-43-20-18-41-16-14-39-12-10-37-8-6-34(2)3/h4-32H2,1-3H3. The molecular formula is C33H67NO15. The summed E-state index contributed by atoms with van der Waals surface area (Å²) < 4.78 is 75.6. The topological polar surface area (TPSA) is 150 Å². The quantitative estimate of drug-likeness (QED) is 0.0643. The largest absolute Gasteiger partial charge is 0.466 e. The van der Waals surface area contributed by atoms with Gasteiger partial charge in [0.05, 0.1) is 185 Å². The highest BCUT2D eigenvalue weighted by atomic mass is 16.6. The minimum atomic E-state index is -0.252. The summed E-state index contributed by atoms with van der Waals surface area (Å²) >= 11 is 0. The summed E-state index contributed by atoms with van der Waals surface area (Å²) in [5, 5.41) is 0. The van der Waals surface area contributed by atoms with Gasteiger partial charge in [0.15, 0.2) is 0 Å². The summed E-state index contributed by atoms with van der Waals surface area (Å²) in [5.41, 5.74) is 0. The average Bonchev–Trinajstić information content (AvgIpc) is 3.09. The van der Waals surface area contributed by atoms with Crippen molar-refractivity contribution in [3.8, 4) is 0 Å². The zero-order valence-electron chi connectivity index (χ0n) is 30.6. The molecule has 0 fully saturated rings. The van der Waals surface area contributed by atoms with Gasteiger partial charge >= 0.3 is 5.97 Å². The van der Waals surface area contributed by atoms with Crippen molar-refractivity contribution in [1.82, 2.24) is 4.90 Å². The Morgan fingerprint density at radius 3 is 0.755 bits per heavy atom. The molecule has 49 heavy (non-hydrogen) atoms. The van der Waals surface area contributed by atoms with E-state index >= 15 is 0 Å². The Hall–Kier alpha value is -1.09. The number of hydrogen-bond donors (Lipinski definition) is 0. The molecule has 0 saturated carbocycles. The normalized spacial score (nSPS) is 11.6. The molecule has 0 aliphatic rings. The number of rotatable bonds is 43. The molecule has 0 amide bonds. The lowest BCUT2D eigenvalue weighted by molar-refractivity contribution is -0.144. The van der Waals surface area contributed by atoms with Gasteiger partial charge in [-0.3, -0.25) is 4.79 Å². The minimum absolute atomic E-state index is 0.252. The zero-order valence-corrected chi connectivity index (χ0v) is 30.6. The van der Waals surface area contributed by atoms with Crippen LogP contribution in [0.2, 0.25) is 0 Å². The van der Waals surface area contributed by atoms with E-state index < -0.39 is 0 Å². The van der Waals surface area contributed by atoms with Crippen LogP contribution in [0.15, 0.2) is 0 Å². The number of ether oxygens (including phenoxy) is 14. The van der Waals surface area contributed by atoms with Crippen molar-refractivity contribution < 1.29 is 71.1 Å². The molecule has 0 N–H and O–H groups in total. The molecule has 16 heteroatoms. The molecule has 0 aromatic carbocycles. The summed E-state index contributed by atoms with van der Waals surface area (Å²) in [6, 6.07) is 0. The Labute approximate surface area is 294 Å². The third kappa shape index (κ3) is 44.9. The van der Waals surface area contributed by atoms with Gasteiger partial charge in [0, 0.05) is 6.54 Å². The van der Waals surface area contributed by atoms with Crippen molar-refractivity contribution in [3.63, 3.8) is 0 Å². The molecule has 0 aromatic rings. The van der Waals surface area contributed by atoms with E-state index in [0.717, 1.165) is 6.54 Å². The van der Waals surface area contributed by atoms with E-state index in [0.29, 0.717) is 178 Å². The second-order valence-corrected chi connectivity index (χ2v) is 10.3. The van der Waals surface area contributed by atoms with Crippen LogP contribution in [0, 0.1) is 0 Å². The van der Waals surface area contributed by atoms with Gasteiger partial charge in [0.25, 0.3) is 0 Å². The van der Waals surface area contributed by atoms with E-state index in [9.17, 15) is 4.79 Å². The smallest absolute Gasteiger partial charge is 0.308 e. The van der Waals surface area contributed by atoms with E-state index in [1.165, 1.54) is 0 Å². The highest BCUT2D eigenvalue weighted by molar-refractivity contribution is 5.69. The molecule has 294 valence electrons. The van der Waals surface area contributed by atoms with Crippen LogP contribution in [-0.4, -0.2) is 210 Å². The number of likely N-dealkylation sites (N-methyl/N-ethyl adjacent to an activating group) is 1. The highest BCUT2D eigenvalue weighted by Gasteiger charge is 2.01. The predicted octanol–water partition coefficient (Wildman–Crippen LogP) is 0.717. The van der Waals surface area contributed by atoms with E-state index in [4.69, 9.17) is 66.3 Å². The van der Waals surface area contributed by atoms with Gasteiger partial charge in [-0.05, 0) is 21.0 Å². The van der Waals surface area contributed by atoms with Crippen LogP contribution < -0.4 is 0 Å². The zero-order chi connectivity index (χ0) is 35.6. The van der Waals surface area contributed by atoms with Gasteiger partial charge in [-0.25, -0.2) is 0 Å². The average molecular weight is 718 g/mol. The molecule has 0 unspecified atom stereocenters. The fourth-order valence-corrected chi connectivity index (χ4v) is 3.38. The lowest BCUT2D eigenvalue weighted by Crippen LogP contribution is -2.19. The molecule has 0 atom stereocenters. The Morgan fingerprint density at radius 1 is 0.347 bits per heavy atom. The fourth-order valence-electron chi connectivity index (χ4n) is 3.38. The molecule has 0 radical (unpaired) electrons. The Morgan fingerprint density at radius 2 is 0.551 bits per heavy atom. The molecule has 0 heterocycles. The van der Waals surface area contributed by atoms with Crippen molar-refractivity contribution in [1.29, 1.82) is 0 Å². The van der Waals surface area contributed by atoms with Crippen molar-refractivity contribution >= 4 is 5.97 Å². The second kappa shape index (κ2) is 43.1. The Balaban J connectivity index is 3.06. The van der Waals surface area contributed by atoms with E-state index in [1.54, 1.807) is 6.92 Å². The Kier molecular flexibility index (Phi) is 42.1. The number of nitrogens with zero attached hydrogens (tertiary/aromatic N) is 1. The van der Waals surface area contributed by atoms with Gasteiger partial charge in [0.2, 0.25) is 0 Å². The first-order valence-electron chi connectivity index (χ1n) is 17.5. The number of carbonyl (C=O) groups excluding carboxylic acids is 1. The summed E-state index contributed by atoms with van der Waals surface area (Å²) in [6.07, 6.45) is 0.255. The van der Waals surface area contributed by atoms with Gasteiger partial charge in [-0.15, -0.1) is 0 Å². The maximum Gasteiger partial charge on any atom is 0.308 e. The van der Waals surface area contributed by atoms with Gasteiger partial charge in [-0.2, -0.15) is 0 Å². The van der Waals surface area contributed by atoms with Gasteiger partial charge in [0.1, 0.15) is 0 Å². The maximum absolute atomic E-state index is 11.2. The van der Waals surface area contributed by atoms with Crippen LogP contribution in [0.5, 0.6) is 0 Å². The molecule has 16 nitrogen and oxygen atoms in total. The molecule has 0 saturated heterocycles.